The van der Waals surface area contributed by atoms with Crippen molar-refractivity contribution in [2.75, 3.05) is 13.4 Å². The van der Waals surface area contributed by atoms with E-state index in [4.69, 9.17) is 9.57 Å². The van der Waals surface area contributed by atoms with Crippen molar-refractivity contribution < 1.29 is 9.57 Å². The number of ether oxygens (including phenoxy) is 1. The van der Waals surface area contributed by atoms with Crippen molar-refractivity contribution in [3.63, 3.8) is 0 Å². The first-order valence-electron chi connectivity index (χ1n) is 8.83. The van der Waals surface area contributed by atoms with Gasteiger partial charge >= 0.3 is 167 Å². The van der Waals surface area contributed by atoms with Gasteiger partial charge in [-0.1, -0.05) is 0 Å². The summed E-state index contributed by atoms with van der Waals surface area (Å²) < 4.78 is 7.00. The van der Waals surface area contributed by atoms with Crippen molar-refractivity contribution in [3.8, 4) is 5.75 Å². The molecule has 0 amide bonds. The minimum atomic E-state index is 0.199. The second-order valence-electron chi connectivity index (χ2n) is 6.24. The summed E-state index contributed by atoms with van der Waals surface area (Å²) in [6.07, 6.45) is 4.36. The van der Waals surface area contributed by atoms with Crippen LogP contribution in [0.1, 0.15) is 36.1 Å². The summed E-state index contributed by atoms with van der Waals surface area (Å²) in [6, 6.07) is 16.7. The average molecular weight is 434 g/mol. The molecule has 0 aliphatic carbocycles. The number of hydrogen-bond acceptors (Lipinski definition) is 4. The summed E-state index contributed by atoms with van der Waals surface area (Å²) in [4.78, 5) is 5.82. The molecule has 0 aromatic heterocycles. The zero-order valence-electron chi connectivity index (χ0n) is 15.5. The van der Waals surface area contributed by atoms with Gasteiger partial charge in [0.25, 0.3) is 0 Å². The monoisotopic (exact) mass is 435 g/mol. The van der Waals surface area contributed by atoms with Gasteiger partial charge in [0.05, 0.1) is 0 Å². The Morgan fingerprint density at radius 1 is 1.23 bits per heavy atom. The van der Waals surface area contributed by atoms with Crippen LogP contribution in [0.2, 0.25) is 5.32 Å². The number of methoxy groups -OCH3 is 1. The zero-order chi connectivity index (χ0) is 18.4. The van der Waals surface area contributed by atoms with Gasteiger partial charge in [0.2, 0.25) is 0 Å². The van der Waals surface area contributed by atoms with E-state index in [-0.39, 0.29) is 6.10 Å². The van der Waals surface area contributed by atoms with Gasteiger partial charge in [-0.05, 0) is 0 Å². The van der Waals surface area contributed by atoms with Crippen molar-refractivity contribution in [1.82, 2.24) is 0 Å². The van der Waals surface area contributed by atoms with Crippen LogP contribution in [0.3, 0.4) is 0 Å². The Kier molecular flexibility index (Phi) is 7.07. The fourth-order valence-electron chi connectivity index (χ4n) is 2.95. The Morgan fingerprint density at radius 2 is 2.04 bits per heavy atom. The quantitative estimate of drug-likeness (QED) is 0.604. The second-order valence-corrected chi connectivity index (χ2v) is 9.58. The van der Waals surface area contributed by atoms with Crippen molar-refractivity contribution in [1.29, 1.82) is 0 Å². The van der Waals surface area contributed by atoms with Gasteiger partial charge in [0.15, 0.2) is 0 Å². The third-order valence-corrected chi connectivity index (χ3v) is 8.17. The summed E-state index contributed by atoms with van der Waals surface area (Å²) in [5, 5.41) is 5.89. The standard InChI is InChI=1S/C21H25NO2SSe/c1-15(25-3)18-10-7-11-20(23-2)21(18)26-14-17-12-13-19(22-24-17)16-8-5-4-6-9-16/h4-11,15,17H,12-14H2,1-3H3/t15-,17?/m0/s1. The Balaban J connectivity index is 1.66. The van der Waals surface area contributed by atoms with Crippen LogP contribution >= 0.6 is 11.8 Å². The zero-order valence-corrected chi connectivity index (χ0v) is 18.0. The molecule has 1 heterocycles. The number of rotatable bonds is 7. The van der Waals surface area contributed by atoms with E-state index in [1.165, 1.54) is 10.0 Å². The topological polar surface area (TPSA) is 30.8 Å². The van der Waals surface area contributed by atoms with Crippen LogP contribution in [0.5, 0.6) is 5.75 Å². The third-order valence-electron chi connectivity index (χ3n) is 4.56. The first-order chi connectivity index (χ1) is 12.7. The van der Waals surface area contributed by atoms with Crippen LogP contribution in [0.15, 0.2) is 53.7 Å². The molecule has 2 atom stereocenters. The molecule has 3 nitrogen and oxygen atoms in total. The van der Waals surface area contributed by atoms with Gasteiger partial charge in [-0.25, -0.2) is 0 Å². The molecule has 138 valence electrons. The van der Waals surface area contributed by atoms with Crippen LogP contribution in [0, 0.1) is 0 Å². The summed E-state index contributed by atoms with van der Waals surface area (Å²) in [6.45, 7) is 2.26. The molecule has 2 aromatic rings. The summed E-state index contributed by atoms with van der Waals surface area (Å²) in [7, 11) is 1.76. The Bertz CT molecular complexity index is 751. The van der Waals surface area contributed by atoms with Crippen LogP contribution in [0.25, 0.3) is 0 Å². The minimum absolute atomic E-state index is 0.199. The van der Waals surface area contributed by atoms with Crippen molar-refractivity contribution in [3.05, 3.63) is 59.7 Å². The third kappa shape index (κ3) is 4.64. The van der Waals surface area contributed by atoms with E-state index in [2.05, 4.69) is 48.7 Å². The first-order valence-corrected chi connectivity index (χ1v) is 12.2. The second kappa shape index (κ2) is 9.50. The van der Waals surface area contributed by atoms with Gasteiger partial charge in [-0.2, -0.15) is 0 Å². The van der Waals surface area contributed by atoms with E-state index >= 15 is 0 Å². The number of thioether (sulfide) groups is 1. The van der Waals surface area contributed by atoms with Gasteiger partial charge < -0.3 is 0 Å². The summed E-state index contributed by atoms with van der Waals surface area (Å²) >= 11 is 2.17. The molecule has 5 heteroatoms. The van der Waals surface area contributed by atoms with Crippen molar-refractivity contribution in [2.45, 2.75) is 36.4 Å². The van der Waals surface area contributed by atoms with Crippen LogP contribution in [0.4, 0.5) is 0 Å². The van der Waals surface area contributed by atoms with Gasteiger partial charge in [0.1, 0.15) is 0 Å². The molecule has 1 aliphatic heterocycles. The predicted molar refractivity (Wildman–Crippen MR) is 112 cm³/mol. The number of oxime groups is 1. The molecule has 1 aliphatic rings. The molecular formula is C21H25NO2SSe. The fourth-order valence-corrected chi connectivity index (χ4v) is 6.26. The molecule has 0 saturated heterocycles. The van der Waals surface area contributed by atoms with E-state index in [0.29, 0.717) is 20.2 Å². The van der Waals surface area contributed by atoms with E-state index < -0.39 is 0 Å². The van der Waals surface area contributed by atoms with Gasteiger partial charge in [0, 0.05) is 0 Å². The van der Waals surface area contributed by atoms with Gasteiger partial charge in [-0.15, -0.1) is 0 Å². The summed E-state index contributed by atoms with van der Waals surface area (Å²) in [5.74, 6) is 1.01. The summed E-state index contributed by atoms with van der Waals surface area (Å²) in [5.41, 5.74) is 3.61. The van der Waals surface area contributed by atoms with Crippen molar-refractivity contribution >= 4 is 36.9 Å². The molecular weight excluding hydrogens is 409 g/mol. The normalized spacial score (nSPS) is 18.0. The molecule has 26 heavy (non-hydrogen) atoms. The molecule has 0 bridgehead atoms. The number of nitrogens with zero attached hydrogens (tertiary/aromatic N) is 1. The Labute approximate surface area is 166 Å². The Hall–Kier alpha value is -1.42. The van der Waals surface area contributed by atoms with E-state index in [0.717, 1.165) is 35.2 Å². The van der Waals surface area contributed by atoms with Gasteiger partial charge in [-0.3, -0.25) is 0 Å². The predicted octanol–water partition coefficient (Wildman–Crippen LogP) is 4.45. The molecule has 2 aromatic carbocycles. The maximum atomic E-state index is 5.82. The molecule has 0 radical (unpaired) electrons. The molecule has 0 N–H and O–H groups in total. The average Bonchev–Trinajstić information content (AvgIpc) is 2.72. The van der Waals surface area contributed by atoms with Crippen LogP contribution in [-0.2, 0) is 4.84 Å². The molecule has 1 unspecified atom stereocenters. The molecule has 3 rings (SSSR count). The first kappa shape index (κ1) is 19.3. The van der Waals surface area contributed by atoms with Crippen LogP contribution in [-0.4, -0.2) is 40.1 Å². The number of hydrogen-bond donors (Lipinski definition) is 0. The van der Waals surface area contributed by atoms with E-state index in [1.54, 1.807) is 7.11 Å². The SMILES string of the molecule is COc1cccc([C@H](C)SC)c1[Se]CC1CCC(c2ccccc2)=NO1. The molecule has 0 fully saturated rings. The Morgan fingerprint density at radius 3 is 2.69 bits per heavy atom. The van der Waals surface area contributed by atoms with Crippen molar-refractivity contribution in [2.24, 2.45) is 5.16 Å². The van der Waals surface area contributed by atoms with Crippen LogP contribution < -0.4 is 9.20 Å². The fraction of sp³-hybridized carbons (Fsp3) is 0.381. The van der Waals surface area contributed by atoms with E-state index in [9.17, 15) is 0 Å². The number of benzene rings is 2. The molecule has 0 saturated carbocycles. The van der Waals surface area contributed by atoms with E-state index in [1.807, 2.05) is 30.0 Å². The maximum absolute atomic E-state index is 5.82. The molecule has 0 spiro atoms.